The van der Waals surface area contributed by atoms with Gasteiger partial charge in [-0.15, -0.1) is 27.6 Å². The molecule has 0 amide bonds. The number of nitrogens with one attached hydrogen (secondary N) is 1. The van der Waals surface area contributed by atoms with Gasteiger partial charge in [0.05, 0.1) is 38.9 Å². The van der Waals surface area contributed by atoms with Gasteiger partial charge in [-0.2, -0.15) is 4.91 Å². The van der Waals surface area contributed by atoms with Crippen molar-refractivity contribution in [2.45, 2.75) is 19.3 Å². The van der Waals surface area contributed by atoms with E-state index in [0.717, 1.165) is 108 Å². The molecule has 39 heteroatoms. The summed E-state index contributed by atoms with van der Waals surface area (Å²) >= 11 is 0. The zero-order valence-corrected chi connectivity index (χ0v) is 66.7. The maximum Gasteiger partial charge on any atom is 0.692 e. The van der Waals surface area contributed by atoms with E-state index in [-0.39, 0.29) is 32.5 Å². The van der Waals surface area contributed by atoms with E-state index in [2.05, 4.69) is 57.1 Å². The summed E-state index contributed by atoms with van der Waals surface area (Å²) in [5.74, 6) is 0. The van der Waals surface area contributed by atoms with Gasteiger partial charge in [-0.05, 0) is 74.5 Å². The third-order valence-electron chi connectivity index (χ3n) is 17.3. The molecule has 100 heavy (non-hydrogen) atoms. The maximum absolute atomic E-state index is 13.1. The highest BCUT2D eigenvalue weighted by Gasteiger charge is 2.34. The van der Waals surface area contributed by atoms with Gasteiger partial charge in [-0.3, -0.25) is 76.7 Å². The van der Waals surface area contributed by atoms with Crippen molar-refractivity contribution in [2.24, 2.45) is 0 Å². The number of benzene rings is 4. The van der Waals surface area contributed by atoms with E-state index in [0.29, 0.717) is 31.0 Å². The molecular formula is C61H110N12O18P9+. The fourth-order valence-corrected chi connectivity index (χ4v) is 20.1. The van der Waals surface area contributed by atoms with Crippen LogP contribution < -0.4 is 21.2 Å². The van der Waals surface area contributed by atoms with Crippen LogP contribution in [0.2, 0.25) is 1.41 Å². The van der Waals surface area contributed by atoms with Gasteiger partial charge in [0, 0.05) is 185 Å². The smallest absolute Gasteiger partial charge is 0.340 e. The van der Waals surface area contributed by atoms with Gasteiger partial charge in [0.2, 0.25) is 31.9 Å². The van der Waals surface area contributed by atoms with Crippen molar-refractivity contribution in [1.29, 1.82) is 5.59 Å². The van der Waals surface area contributed by atoms with Gasteiger partial charge >= 0.3 is 23.4 Å². The Labute approximate surface area is 600 Å². The van der Waals surface area contributed by atoms with Crippen molar-refractivity contribution in [2.75, 3.05) is 224 Å². The first-order valence-electron chi connectivity index (χ1n) is 33.4. The molecule has 7 aliphatic rings. The van der Waals surface area contributed by atoms with E-state index in [4.69, 9.17) is 38.8 Å². The van der Waals surface area contributed by atoms with Crippen molar-refractivity contribution in [1.82, 2.24) is 53.9 Å². The summed E-state index contributed by atoms with van der Waals surface area (Å²) in [7, 11) is -10.5. The summed E-state index contributed by atoms with van der Waals surface area (Å²) in [6.45, 7) is 23.0. The average molecular weight is 1580 g/mol. The number of fused-ring (bicyclic) bond motifs is 6. The molecule has 11 atom stereocenters. The van der Waals surface area contributed by atoms with E-state index in [1.165, 1.54) is 67.5 Å². The lowest BCUT2D eigenvalue weighted by Crippen LogP contribution is -2.43. The van der Waals surface area contributed by atoms with Crippen LogP contribution in [0.3, 0.4) is 0 Å². The molecule has 8 N–H and O–H groups in total. The minimum Gasteiger partial charge on any atom is -0.340 e. The Kier molecular flexibility index (Phi) is 43.0. The van der Waals surface area contributed by atoms with Gasteiger partial charge in [0.1, 0.15) is 12.6 Å². The van der Waals surface area contributed by atoms with Gasteiger partial charge in [0.25, 0.3) is 0 Å². The van der Waals surface area contributed by atoms with E-state index in [1.807, 2.05) is 91.0 Å². The van der Waals surface area contributed by atoms with Crippen LogP contribution in [0.5, 0.6) is 0 Å². The third-order valence-corrected chi connectivity index (χ3v) is 27.0. The fourth-order valence-electron chi connectivity index (χ4n) is 12.0. The molecule has 0 radical (unpaired) electrons. The molecule has 6 bridgehead atoms. The van der Waals surface area contributed by atoms with Crippen LogP contribution >= 0.6 is 71.8 Å². The third kappa shape index (κ3) is 35.2. The summed E-state index contributed by atoms with van der Waals surface area (Å²) in [4.78, 5) is 94.4. The number of rotatable bonds is 18. The summed E-state index contributed by atoms with van der Waals surface area (Å²) in [6, 6.07) is 37.3. The zero-order chi connectivity index (χ0) is 74.3. The first-order valence-corrected chi connectivity index (χ1v) is 47.0. The van der Waals surface area contributed by atoms with Crippen LogP contribution in [0.15, 0.2) is 121 Å². The molecule has 0 aliphatic carbocycles. The molecule has 0 aromatic heterocycles. The minimum atomic E-state index is -4.32. The monoisotopic (exact) mass is 1580 g/mol. The molecule has 7 aliphatic heterocycles. The molecule has 7 fully saturated rings. The number of hydrogen-bond donors (Lipinski definition) is 8. The number of nitrogens with zero attached hydrogens (tertiary/aromatic N) is 11. The molecule has 30 nitrogen and oxygen atoms in total. The summed E-state index contributed by atoms with van der Waals surface area (Å²) in [5.41, 5.74) is 1.50. The highest BCUT2D eigenvalue weighted by Crippen LogP contribution is 2.47. The number of hydrogen-bond acceptors (Lipinski definition) is 23. The molecule has 11 unspecified atom stereocenters. The maximum atomic E-state index is 13.1. The Morgan fingerprint density at radius 1 is 0.410 bits per heavy atom. The van der Waals surface area contributed by atoms with Crippen LogP contribution in [-0.4, -0.2) is 312 Å². The second-order valence-corrected chi connectivity index (χ2v) is 37.2. The normalized spacial score (nSPS) is 24.2. The molecular weight excluding hydrogens is 1470 g/mol. The van der Waals surface area contributed by atoms with Crippen molar-refractivity contribution in [3.63, 3.8) is 0 Å². The zero-order valence-electron chi connectivity index (χ0n) is 59.2. The lowest BCUT2D eigenvalue weighted by molar-refractivity contribution is 0.160. The van der Waals surface area contributed by atoms with Gasteiger partial charge < -0.3 is 42.6 Å². The molecule has 4 aromatic rings. The molecule has 7 heterocycles. The highest BCUT2D eigenvalue weighted by atomic mass is 32.0. The van der Waals surface area contributed by atoms with Gasteiger partial charge in [0.15, 0.2) is 0 Å². The Morgan fingerprint density at radius 3 is 0.930 bits per heavy atom. The first-order chi connectivity index (χ1) is 48.2. The molecule has 7 saturated heterocycles. The van der Waals surface area contributed by atoms with Crippen LogP contribution in [0, 0.1) is 10.5 Å². The molecule has 566 valence electrons. The van der Waals surface area contributed by atoms with Gasteiger partial charge in [-0.25, -0.2) is 0 Å². The fraction of sp³-hybridized carbons (Fsp3) is 0.607. The SMILES string of the molecule is C1CCN2CCN(CC1)C2.COP(=O)(CN1CCN2CCN(CC1)C2)c1ccccc1.COP(=O)(CN1CCN2CCN(CC1)C2)c1ccccc1.COP(OC)c1ccccc1.O=P(O)(O)CN1CCN(CP(=O)(O)O)CCN(CP(=O)(O)c2ccccc2)CC1.O=[P+](O)O.PP.[3H]N=O. The summed E-state index contributed by atoms with van der Waals surface area (Å²) < 4.78 is 97.1. The average Bonchev–Trinajstić information content (AvgIpc) is 1.47. The second-order valence-electron chi connectivity index (χ2n) is 24.5. The molecule has 0 spiro atoms. The standard InChI is InChI=1S/C15H28N3O8P3.2C15H24N3O2P.C8H16N2.C8H11O2P.HNO.HO3P.H4P2/c19-27(20,15-4-2-1-3-5-15)12-16-6-8-17(13-28(21,22)23)10-11-18(9-7-16)14-29(24,25)26;2*1-20-21(19,15-5-3-2-4-6-15)14-18-11-9-16-7-8-17(13-16)10-12-18;1-2-4-9-6-7-10(8-9)5-3-1;1-9-11(10-2)8-6-4-3-5-7-8;1-2;1-4(2)3;1-2/h1-5H,6-14H2,(H,19,20)(H2,21,22,23)(H2,24,25,26);2*2-6H,7-14H2,1H3;1-8H2;3-7H,1-2H3;1H;(H-,1,2,3);1-2H2/p+1/i;;;;;1T;;. The first kappa shape index (κ1) is 88.8. The van der Waals surface area contributed by atoms with E-state index in [9.17, 15) is 47.3 Å². The van der Waals surface area contributed by atoms with Crippen LogP contribution in [0.1, 0.15) is 19.3 Å². The second kappa shape index (κ2) is 48.4. The van der Waals surface area contributed by atoms with Gasteiger partial charge in [-0.1, -0.05) is 84.8 Å². The Hall–Kier alpha value is -1.86. The predicted molar refractivity (Wildman–Crippen MR) is 406 cm³/mol. The predicted octanol–water partition coefficient (Wildman–Crippen LogP) is 5.17. The van der Waals surface area contributed by atoms with Crippen molar-refractivity contribution in [3.05, 3.63) is 126 Å². The van der Waals surface area contributed by atoms with Crippen LogP contribution in [0.25, 0.3) is 0 Å². The molecule has 4 aromatic carbocycles. The topological polar surface area (TPSA) is 358 Å². The van der Waals surface area contributed by atoms with E-state index >= 15 is 0 Å². The van der Waals surface area contributed by atoms with E-state index < -0.39 is 66.5 Å². The highest BCUT2D eigenvalue weighted by molar-refractivity contribution is 7.92. The van der Waals surface area contributed by atoms with Crippen molar-refractivity contribution >= 4 is 93.0 Å². The van der Waals surface area contributed by atoms with E-state index in [1.54, 1.807) is 63.7 Å². The summed E-state index contributed by atoms with van der Waals surface area (Å²) in [5, 5.41) is 3.04. The quantitative estimate of drug-likeness (QED) is 0.0470. The summed E-state index contributed by atoms with van der Waals surface area (Å²) in [6.07, 6.45) is 4.17. The Bertz CT molecular complexity index is 3010. The van der Waals surface area contributed by atoms with Crippen LogP contribution in [0.4, 0.5) is 0 Å². The number of nitroso groups, excluding NO2 is 1. The van der Waals surface area contributed by atoms with Crippen molar-refractivity contribution in [3.8, 4) is 0 Å². The lowest BCUT2D eigenvalue weighted by atomic mass is 10.2. The Balaban J connectivity index is 0.000000270. The largest absolute Gasteiger partial charge is 0.692 e. The lowest BCUT2D eigenvalue weighted by Gasteiger charge is -2.32. The van der Waals surface area contributed by atoms with Crippen LogP contribution in [-0.2, 0) is 45.5 Å². The molecule has 11 rings (SSSR count). The minimum absolute atomic E-state index is 0.162. The van der Waals surface area contributed by atoms with Crippen molar-refractivity contribution < 1.29 is 81.2 Å². The molecule has 0 saturated carbocycles. The Morgan fingerprint density at radius 2 is 0.650 bits per heavy atom.